The molecule has 0 saturated heterocycles. The summed E-state index contributed by atoms with van der Waals surface area (Å²) in [5.74, 6) is -0.113. The van der Waals surface area contributed by atoms with E-state index in [2.05, 4.69) is 20.7 Å². The van der Waals surface area contributed by atoms with Crippen LogP contribution in [0.2, 0.25) is 0 Å². The maximum Gasteiger partial charge on any atom is 0.250 e. The van der Waals surface area contributed by atoms with Crippen molar-refractivity contribution in [3.63, 3.8) is 0 Å². The lowest BCUT2D eigenvalue weighted by Gasteiger charge is -2.18. The van der Waals surface area contributed by atoms with Gasteiger partial charge in [0.25, 0.3) is 0 Å². The van der Waals surface area contributed by atoms with Crippen LogP contribution in [0.1, 0.15) is 13.8 Å². The van der Waals surface area contributed by atoms with E-state index in [1.165, 1.54) is 0 Å². The minimum atomic E-state index is -3.47. The molecule has 7 heteroatoms. The Morgan fingerprint density at radius 1 is 1.50 bits per heavy atom. The molecular weight excluding hydrogens is 314 g/mol. The first-order chi connectivity index (χ1) is 7.36. The van der Waals surface area contributed by atoms with E-state index >= 15 is 0 Å². The predicted octanol–water partition coefficient (Wildman–Crippen LogP) is 1.81. The zero-order valence-electron chi connectivity index (χ0n) is 8.97. The molecule has 1 aromatic heterocycles. The molecular formula is C9H14BrNO3S2. The Hall–Kier alpha value is 0.0500. The Bertz CT molecular complexity index is 443. The monoisotopic (exact) mass is 327 g/mol. The standard InChI is InChI=1S/C9H14BrNO3S2/c1-6(5-12)7(2)11-16(13,14)9-4-3-8(10)15-9/h3-4,6-7,11-12H,5H2,1-2H3. The quantitative estimate of drug-likeness (QED) is 0.866. The molecule has 0 spiro atoms. The largest absolute Gasteiger partial charge is 0.396 e. The molecule has 4 nitrogen and oxygen atoms in total. The van der Waals surface area contributed by atoms with Crippen molar-refractivity contribution in [3.8, 4) is 0 Å². The van der Waals surface area contributed by atoms with Gasteiger partial charge < -0.3 is 5.11 Å². The van der Waals surface area contributed by atoms with Gasteiger partial charge in [-0.2, -0.15) is 0 Å². The molecule has 0 bridgehead atoms. The Morgan fingerprint density at radius 2 is 2.12 bits per heavy atom. The highest BCUT2D eigenvalue weighted by molar-refractivity contribution is 9.11. The molecule has 0 amide bonds. The normalized spacial score (nSPS) is 16.0. The minimum absolute atomic E-state index is 0.0438. The maximum absolute atomic E-state index is 11.9. The molecule has 2 unspecified atom stereocenters. The molecule has 0 radical (unpaired) electrons. The molecule has 1 aromatic rings. The van der Waals surface area contributed by atoms with Crippen molar-refractivity contribution in [3.05, 3.63) is 15.9 Å². The first kappa shape index (κ1) is 14.1. The third-order valence-corrected chi connectivity index (χ3v) is 5.97. The average molecular weight is 328 g/mol. The van der Waals surface area contributed by atoms with Crippen LogP contribution in [0.3, 0.4) is 0 Å². The number of aliphatic hydroxyl groups excluding tert-OH is 1. The molecule has 92 valence electrons. The van der Waals surface area contributed by atoms with Crippen LogP contribution < -0.4 is 4.72 Å². The van der Waals surface area contributed by atoms with Crippen LogP contribution >= 0.6 is 27.3 Å². The van der Waals surface area contributed by atoms with Gasteiger partial charge in [-0.25, -0.2) is 13.1 Å². The Labute approximate surface area is 108 Å². The Balaban J connectivity index is 2.80. The van der Waals surface area contributed by atoms with E-state index in [1.54, 1.807) is 26.0 Å². The number of nitrogens with one attached hydrogen (secondary N) is 1. The summed E-state index contributed by atoms with van der Waals surface area (Å²) in [5, 5.41) is 8.94. The van der Waals surface area contributed by atoms with Crippen LogP contribution in [0.5, 0.6) is 0 Å². The van der Waals surface area contributed by atoms with Gasteiger partial charge in [-0.1, -0.05) is 6.92 Å². The number of sulfonamides is 1. The minimum Gasteiger partial charge on any atom is -0.396 e. The van der Waals surface area contributed by atoms with Gasteiger partial charge >= 0.3 is 0 Å². The van der Waals surface area contributed by atoms with Gasteiger partial charge in [0.15, 0.2) is 0 Å². The first-order valence-electron chi connectivity index (χ1n) is 4.75. The SMILES string of the molecule is CC(CO)C(C)NS(=O)(=O)c1ccc(Br)s1. The van der Waals surface area contributed by atoms with Gasteiger partial charge in [0.2, 0.25) is 10.0 Å². The summed E-state index contributed by atoms with van der Waals surface area (Å²) in [6.07, 6.45) is 0. The van der Waals surface area contributed by atoms with Crippen LogP contribution in [-0.4, -0.2) is 26.2 Å². The lowest BCUT2D eigenvalue weighted by molar-refractivity contribution is 0.216. The van der Waals surface area contributed by atoms with Crippen molar-refractivity contribution in [2.24, 2.45) is 5.92 Å². The molecule has 0 aliphatic carbocycles. The molecule has 0 fully saturated rings. The van der Waals surface area contributed by atoms with Gasteiger partial charge in [-0.05, 0) is 40.9 Å². The summed E-state index contributed by atoms with van der Waals surface area (Å²) in [7, 11) is -3.47. The van der Waals surface area contributed by atoms with Gasteiger partial charge in [-0.15, -0.1) is 11.3 Å². The highest BCUT2D eigenvalue weighted by Crippen LogP contribution is 2.26. The summed E-state index contributed by atoms with van der Waals surface area (Å²) in [4.78, 5) is 0. The van der Waals surface area contributed by atoms with Crippen LogP contribution in [0.25, 0.3) is 0 Å². The summed E-state index contributed by atoms with van der Waals surface area (Å²) in [6, 6.07) is 2.95. The second kappa shape index (κ2) is 5.59. The fraction of sp³-hybridized carbons (Fsp3) is 0.556. The van der Waals surface area contributed by atoms with E-state index in [0.29, 0.717) is 0 Å². The zero-order valence-corrected chi connectivity index (χ0v) is 12.2. The van der Waals surface area contributed by atoms with E-state index in [0.717, 1.165) is 15.1 Å². The average Bonchev–Trinajstić information content (AvgIpc) is 2.63. The third-order valence-electron chi connectivity index (χ3n) is 2.30. The summed E-state index contributed by atoms with van der Waals surface area (Å²) in [6.45, 7) is 3.48. The van der Waals surface area contributed by atoms with Crippen LogP contribution in [0.15, 0.2) is 20.1 Å². The smallest absolute Gasteiger partial charge is 0.250 e. The summed E-state index contributed by atoms with van der Waals surface area (Å²) in [5.41, 5.74) is 0. The van der Waals surface area contributed by atoms with Crippen LogP contribution in [0, 0.1) is 5.92 Å². The van der Waals surface area contributed by atoms with Gasteiger partial charge in [0.1, 0.15) is 4.21 Å². The maximum atomic E-state index is 11.9. The highest BCUT2D eigenvalue weighted by atomic mass is 79.9. The number of aliphatic hydroxyl groups is 1. The second-order valence-electron chi connectivity index (χ2n) is 3.63. The van der Waals surface area contributed by atoms with E-state index < -0.39 is 10.0 Å². The number of thiophene rings is 1. The predicted molar refractivity (Wildman–Crippen MR) is 68.1 cm³/mol. The third kappa shape index (κ3) is 3.53. The number of rotatable bonds is 5. The van der Waals surface area contributed by atoms with Crippen molar-refractivity contribution in [2.45, 2.75) is 24.1 Å². The molecule has 0 aliphatic heterocycles. The highest BCUT2D eigenvalue weighted by Gasteiger charge is 2.22. The number of hydrogen-bond donors (Lipinski definition) is 2. The molecule has 1 heterocycles. The Morgan fingerprint density at radius 3 is 2.56 bits per heavy atom. The van der Waals surface area contributed by atoms with Gasteiger partial charge in [0, 0.05) is 12.6 Å². The first-order valence-corrected chi connectivity index (χ1v) is 7.84. The zero-order chi connectivity index (χ0) is 12.3. The van der Waals surface area contributed by atoms with Gasteiger partial charge in [0.05, 0.1) is 3.79 Å². The topological polar surface area (TPSA) is 66.4 Å². The second-order valence-corrected chi connectivity index (χ2v) is 8.03. The molecule has 2 atom stereocenters. The fourth-order valence-corrected chi connectivity index (χ4v) is 4.40. The van der Waals surface area contributed by atoms with Crippen molar-refractivity contribution < 1.29 is 13.5 Å². The Kier molecular flexibility index (Phi) is 4.93. The summed E-state index contributed by atoms with van der Waals surface area (Å²) >= 11 is 4.38. The molecule has 0 aliphatic rings. The van der Waals surface area contributed by atoms with E-state index in [4.69, 9.17) is 5.11 Å². The lowest BCUT2D eigenvalue weighted by Crippen LogP contribution is -2.37. The molecule has 16 heavy (non-hydrogen) atoms. The van der Waals surface area contributed by atoms with E-state index in [-0.39, 0.29) is 22.8 Å². The molecule has 2 N–H and O–H groups in total. The van der Waals surface area contributed by atoms with Gasteiger partial charge in [-0.3, -0.25) is 0 Å². The molecule has 0 saturated carbocycles. The summed E-state index contributed by atoms with van der Waals surface area (Å²) < 4.78 is 27.3. The van der Waals surface area contributed by atoms with Crippen LogP contribution in [-0.2, 0) is 10.0 Å². The van der Waals surface area contributed by atoms with Crippen LogP contribution in [0.4, 0.5) is 0 Å². The van der Waals surface area contributed by atoms with E-state index in [1.807, 2.05) is 0 Å². The fourth-order valence-electron chi connectivity index (χ4n) is 1.02. The molecule has 1 rings (SSSR count). The van der Waals surface area contributed by atoms with Crippen molar-refractivity contribution in [1.82, 2.24) is 4.72 Å². The van der Waals surface area contributed by atoms with Crippen molar-refractivity contribution in [2.75, 3.05) is 6.61 Å². The number of halogens is 1. The number of hydrogen-bond acceptors (Lipinski definition) is 4. The molecule has 0 aromatic carbocycles. The van der Waals surface area contributed by atoms with E-state index in [9.17, 15) is 8.42 Å². The lowest BCUT2D eigenvalue weighted by atomic mass is 10.1. The van der Waals surface area contributed by atoms with Crippen molar-refractivity contribution in [1.29, 1.82) is 0 Å². The van der Waals surface area contributed by atoms with Crippen molar-refractivity contribution >= 4 is 37.3 Å².